The first-order valence-electron chi connectivity index (χ1n) is 7.86. The van der Waals surface area contributed by atoms with E-state index < -0.39 is 0 Å². The van der Waals surface area contributed by atoms with Gasteiger partial charge in [-0.2, -0.15) is 0 Å². The van der Waals surface area contributed by atoms with Crippen molar-refractivity contribution in [3.05, 3.63) is 0 Å². The van der Waals surface area contributed by atoms with E-state index in [1.807, 2.05) is 13.8 Å². The largest absolute Gasteiger partial charge is 0.385 e. The second-order valence-corrected chi connectivity index (χ2v) is 6.39. The van der Waals surface area contributed by atoms with Gasteiger partial charge in [0.1, 0.15) is 0 Å². The minimum atomic E-state index is 0.171. The quantitative estimate of drug-likeness (QED) is 0.699. The summed E-state index contributed by atoms with van der Waals surface area (Å²) in [6.45, 7) is 8.77. The molecule has 2 unspecified atom stereocenters. The minimum Gasteiger partial charge on any atom is -0.385 e. The Morgan fingerprint density at radius 1 is 1.30 bits per heavy atom. The summed E-state index contributed by atoms with van der Waals surface area (Å²) in [7, 11) is 1.76. The Morgan fingerprint density at radius 3 is 2.50 bits per heavy atom. The molecule has 1 N–H and O–H groups in total. The van der Waals surface area contributed by atoms with Crippen LogP contribution in [0.2, 0.25) is 0 Å². The van der Waals surface area contributed by atoms with Gasteiger partial charge in [0.2, 0.25) is 5.91 Å². The molecule has 2 aliphatic rings. The first-order valence-corrected chi connectivity index (χ1v) is 7.86. The topological polar surface area (TPSA) is 44.8 Å². The van der Waals surface area contributed by atoms with Gasteiger partial charge >= 0.3 is 0 Å². The van der Waals surface area contributed by atoms with Gasteiger partial charge in [-0.25, -0.2) is 0 Å². The third-order valence-corrected chi connectivity index (χ3v) is 4.31. The third kappa shape index (κ3) is 4.17. The average Bonchev–Trinajstić information content (AvgIpc) is 2.61. The summed E-state index contributed by atoms with van der Waals surface area (Å²) in [4.78, 5) is 16.9. The van der Waals surface area contributed by atoms with E-state index in [0.717, 1.165) is 32.7 Å². The van der Waals surface area contributed by atoms with Crippen LogP contribution in [-0.2, 0) is 9.53 Å². The van der Waals surface area contributed by atoms with Crippen molar-refractivity contribution < 1.29 is 9.53 Å². The van der Waals surface area contributed by atoms with E-state index in [1.165, 1.54) is 12.8 Å². The molecule has 0 saturated carbocycles. The van der Waals surface area contributed by atoms with Crippen LogP contribution in [0.25, 0.3) is 0 Å². The van der Waals surface area contributed by atoms with Crippen molar-refractivity contribution in [1.82, 2.24) is 15.1 Å². The smallest absolute Gasteiger partial charge is 0.234 e. The highest BCUT2D eigenvalue weighted by atomic mass is 16.5. The Balaban J connectivity index is 1.79. The van der Waals surface area contributed by atoms with Crippen molar-refractivity contribution in [3.8, 4) is 0 Å². The normalized spacial score (nSPS) is 27.2. The molecule has 2 atom stereocenters. The van der Waals surface area contributed by atoms with E-state index >= 15 is 0 Å². The molecule has 0 aromatic carbocycles. The molecule has 1 amide bonds. The summed E-state index contributed by atoms with van der Waals surface area (Å²) in [5.74, 6) is 0.171. The Kier molecular flexibility index (Phi) is 5.81. The van der Waals surface area contributed by atoms with Crippen molar-refractivity contribution in [2.24, 2.45) is 0 Å². The fraction of sp³-hybridized carbons (Fsp3) is 0.933. The zero-order chi connectivity index (χ0) is 14.5. The second-order valence-electron chi connectivity index (χ2n) is 6.39. The molecule has 0 aromatic heterocycles. The summed E-state index contributed by atoms with van der Waals surface area (Å²) in [5, 5.41) is 3.00. The molecule has 116 valence electrons. The van der Waals surface area contributed by atoms with Crippen LogP contribution in [0.3, 0.4) is 0 Å². The van der Waals surface area contributed by atoms with Crippen LogP contribution in [0.5, 0.6) is 0 Å². The Morgan fingerprint density at radius 2 is 1.95 bits per heavy atom. The van der Waals surface area contributed by atoms with E-state index in [2.05, 4.69) is 15.1 Å². The number of ether oxygens (including phenoxy) is 1. The highest BCUT2D eigenvalue weighted by Gasteiger charge is 2.40. The molecular weight excluding hydrogens is 254 g/mol. The van der Waals surface area contributed by atoms with Gasteiger partial charge < -0.3 is 15.0 Å². The van der Waals surface area contributed by atoms with Crippen LogP contribution in [0, 0.1) is 0 Å². The van der Waals surface area contributed by atoms with Crippen LogP contribution in [0.4, 0.5) is 0 Å². The van der Waals surface area contributed by atoms with Gasteiger partial charge in [0.15, 0.2) is 0 Å². The Hall–Kier alpha value is -0.650. The molecule has 2 bridgehead atoms. The average molecular weight is 283 g/mol. The standard InChI is InChI=1S/C15H29N3O2/c1-12(2)16-15(19)11-18-13-5-6-14(18)10-17(9-13)7-4-8-20-3/h12-14H,4-11H2,1-3H3,(H,16,19). The van der Waals surface area contributed by atoms with Crippen LogP contribution in [-0.4, -0.2) is 73.7 Å². The van der Waals surface area contributed by atoms with E-state index in [9.17, 15) is 4.79 Å². The molecule has 20 heavy (non-hydrogen) atoms. The number of methoxy groups -OCH3 is 1. The molecule has 0 spiro atoms. The lowest BCUT2D eigenvalue weighted by atomic mass is 10.1. The Labute approximate surface area is 122 Å². The number of nitrogens with one attached hydrogen (secondary N) is 1. The number of hydrogen-bond donors (Lipinski definition) is 1. The summed E-state index contributed by atoms with van der Waals surface area (Å²) >= 11 is 0. The maximum atomic E-state index is 12.0. The number of hydrogen-bond acceptors (Lipinski definition) is 4. The number of rotatable bonds is 7. The number of carbonyl (C=O) groups is 1. The SMILES string of the molecule is COCCCN1CC2CCC(C1)N2CC(=O)NC(C)C. The second kappa shape index (κ2) is 7.38. The highest BCUT2D eigenvalue weighted by molar-refractivity contribution is 5.78. The molecule has 0 aromatic rings. The lowest BCUT2D eigenvalue weighted by Gasteiger charge is -2.40. The van der Waals surface area contributed by atoms with Gasteiger partial charge in [-0.05, 0) is 33.1 Å². The van der Waals surface area contributed by atoms with Crippen LogP contribution in [0.1, 0.15) is 33.1 Å². The zero-order valence-electron chi connectivity index (χ0n) is 13.1. The van der Waals surface area contributed by atoms with Gasteiger partial charge in [-0.3, -0.25) is 9.69 Å². The Bertz CT molecular complexity index is 308. The van der Waals surface area contributed by atoms with Crippen molar-refractivity contribution in [2.45, 2.75) is 51.2 Å². The first-order chi connectivity index (χ1) is 9.60. The van der Waals surface area contributed by atoms with Gasteiger partial charge in [0.25, 0.3) is 0 Å². The van der Waals surface area contributed by atoms with Crippen molar-refractivity contribution in [1.29, 1.82) is 0 Å². The summed E-state index contributed by atoms with van der Waals surface area (Å²) in [5.41, 5.74) is 0. The molecule has 5 heteroatoms. The predicted octanol–water partition coefficient (Wildman–Crippen LogP) is 0.696. The first kappa shape index (κ1) is 15.7. The summed E-state index contributed by atoms with van der Waals surface area (Å²) < 4.78 is 5.12. The van der Waals surface area contributed by atoms with E-state index in [1.54, 1.807) is 7.11 Å². The lowest BCUT2D eigenvalue weighted by Crippen LogP contribution is -2.56. The predicted molar refractivity (Wildman–Crippen MR) is 79.7 cm³/mol. The van der Waals surface area contributed by atoms with Gasteiger partial charge in [-0.1, -0.05) is 0 Å². The van der Waals surface area contributed by atoms with Gasteiger partial charge in [0.05, 0.1) is 6.54 Å². The van der Waals surface area contributed by atoms with Crippen LogP contribution >= 0.6 is 0 Å². The van der Waals surface area contributed by atoms with Crippen LogP contribution in [0.15, 0.2) is 0 Å². The van der Waals surface area contributed by atoms with Crippen molar-refractivity contribution in [3.63, 3.8) is 0 Å². The maximum Gasteiger partial charge on any atom is 0.234 e. The molecule has 0 aliphatic carbocycles. The number of piperazine rings is 1. The number of carbonyl (C=O) groups excluding carboxylic acids is 1. The summed E-state index contributed by atoms with van der Waals surface area (Å²) in [6.07, 6.45) is 3.57. The zero-order valence-corrected chi connectivity index (χ0v) is 13.1. The lowest BCUT2D eigenvalue weighted by molar-refractivity contribution is -0.124. The highest BCUT2D eigenvalue weighted by Crippen LogP contribution is 2.29. The van der Waals surface area contributed by atoms with E-state index in [-0.39, 0.29) is 11.9 Å². The number of amides is 1. The number of nitrogens with zero attached hydrogens (tertiary/aromatic N) is 2. The number of fused-ring (bicyclic) bond motifs is 2. The minimum absolute atomic E-state index is 0.171. The third-order valence-electron chi connectivity index (χ3n) is 4.31. The molecule has 2 heterocycles. The molecule has 5 nitrogen and oxygen atoms in total. The van der Waals surface area contributed by atoms with Crippen molar-refractivity contribution in [2.75, 3.05) is 39.9 Å². The van der Waals surface area contributed by atoms with Gasteiger partial charge in [0, 0.05) is 51.5 Å². The monoisotopic (exact) mass is 283 g/mol. The van der Waals surface area contributed by atoms with Gasteiger partial charge in [-0.15, -0.1) is 0 Å². The molecular formula is C15H29N3O2. The molecule has 2 saturated heterocycles. The molecule has 2 rings (SSSR count). The fourth-order valence-corrected chi connectivity index (χ4v) is 3.48. The fourth-order valence-electron chi connectivity index (χ4n) is 3.48. The molecule has 2 aliphatic heterocycles. The summed E-state index contributed by atoms with van der Waals surface area (Å²) in [6, 6.07) is 1.36. The van der Waals surface area contributed by atoms with Crippen molar-refractivity contribution >= 4 is 5.91 Å². The molecule has 0 radical (unpaired) electrons. The molecule has 2 fully saturated rings. The van der Waals surface area contributed by atoms with E-state index in [4.69, 9.17) is 4.74 Å². The maximum absolute atomic E-state index is 12.0. The van der Waals surface area contributed by atoms with Crippen LogP contribution < -0.4 is 5.32 Å². The number of likely N-dealkylation sites (tertiary alicyclic amines) is 1. The van der Waals surface area contributed by atoms with E-state index in [0.29, 0.717) is 18.6 Å².